The standard InChI is InChI=1S/C34H38N2O7/c1-23-20-26(11-12-27(23)43-22-24-8-5-4-6-9-24)32(37)30-31(25-10-13-28(40-2)29(21-25)41-3)36(34(39)33(30)38)15-7-14-35-16-18-42-19-17-35/h4-6,8-13,20-21,31,37H,7,14-19,22H2,1-3H3/b32-30+/t31-/m1/s1. The summed E-state index contributed by atoms with van der Waals surface area (Å²) in [5, 5.41) is 11.6. The van der Waals surface area contributed by atoms with Crippen molar-refractivity contribution in [2.24, 2.45) is 0 Å². The van der Waals surface area contributed by atoms with Crippen LogP contribution >= 0.6 is 0 Å². The second kappa shape index (κ2) is 13.8. The fraction of sp³-hybridized carbons (Fsp3) is 0.353. The summed E-state index contributed by atoms with van der Waals surface area (Å²) in [5.41, 5.74) is 2.95. The summed E-state index contributed by atoms with van der Waals surface area (Å²) < 4.78 is 22.4. The fourth-order valence-electron chi connectivity index (χ4n) is 5.62. The molecule has 226 valence electrons. The zero-order valence-corrected chi connectivity index (χ0v) is 24.9. The lowest BCUT2D eigenvalue weighted by atomic mass is 9.94. The Labute approximate surface area is 252 Å². The monoisotopic (exact) mass is 586 g/mol. The number of Topliss-reactive ketones (excluding diaryl/α,β-unsaturated/α-hetero) is 1. The molecule has 2 aliphatic heterocycles. The molecule has 1 atom stereocenters. The van der Waals surface area contributed by atoms with Crippen molar-refractivity contribution in [2.45, 2.75) is 26.0 Å². The topological polar surface area (TPSA) is 97.8 Å². The number of carbonyl (C=O) groups is 2. The summed E-state index contributed by atoms with van der Waals surface area (Å²) in [6, 6.07) is 19.6. The summed E-state index contributed by atoms with van der Waals surface area (Å²) in [6.45, 7) is 6.45. The van der Waals surface area contributed by atoms with Gasteiger partial charge in [-0.2, -0.15) is 0 Å². The van der Waals surface area contributed by atoms with Gasteiger partial charge < -0.3 is 29.0 Å². The summed E-state index contributed by atoms with van der Waals surface area (Å²) in [7, 11) is 3.08. The molecule has 0 unspecified atom stereocenters. The number of methoxy groups -OCH3 is 2. The average molecular weight is 587 g/mol. The van der Waals surface area contributed by atoms with Crippen LogP contribution < -0.4 is 14.2 Å². The number of ketones is 1. The molecule has 43 heavy (non-hydrogen) atoms. The second-order valence-electron chi connectivity index (χ2n) is 10.7. The second-order valence-corrected chi connectivity index (χ2v) is 10.7. The summed E-state index contributed by atoms with van der Waals surface area (Å²) in [4.78, 5) is 30.9. The Morgan fingerprint density at radius 1 is 0.907 bits per heavy atom. The van der Waals surface area contributed by atoms with E-state index in [1.807, 2.05) is 37.3 Å². The molecule has 2 saturated heterocycles. The first-order valence-electron chi connectivity index (χ1n) is 14.5. The maximum Gasteiger partial charge on any atom is 0.295 e. The van der Waals surface area contributed by atoms with E-state index < -0.39 is 17.7 Å². The Morgan fingerprint density at radius 3 is 2.33 bits per heavy atom. The highest BCUT2D eigenvalue weighted by molar-refractivity contribution is 6.46. The lowest BCUT2D eigenvalue weighted by Gasteiger charge is -2.29. The van der Waals surface area contributed by atoms with Crippen LogP contribution in [0.15, 0.2) is 72.3 Å². The Hall–Kier alpha value is -4.34. The maximum atomic E-state index is 13.6. The number of aliphatic hydroxyl groups is 1. The summed E-state index contributed by atoms with van der Waals surface area (Å²) in [5.74, 6) is 0.0763. The molecular weight excluding hydrogens is 548 g/mol. The molecule has 3 aromatic rings. The highest BCUT2D eigenvalue weighted by Gasteiger charge is 2.46. The molecule has 9 nitrogen and oxygen atoms in total. The van der Waals surface area contributed by atoms with E-state index in [1.165, 1.54) is 7.11 Å². The zero-order chi connectivity index (χ0) is 30.3. The van der Waals surface area contributed by atoms with Gasteiger partial charge >= 0.3 is 0 Å². The van der Waals surface area contributed by atoms with Gasteiger partial charge in [0.1, 0.15) is 18.1 Å². The van der Waals surface area contributed by atoms with Crippen LogP contribution in [0.4, 0.5) is 0 Å². The van der Waals surface area contributed by atoms with Gasteiger partial charge in [-0.25, -0.2) is 0 Å². The van der Waals surface area contributed by atoms with Gasteiger partial charge in [-0.05, 0) is 60.4 Å². The molecule has 0 radical (unpaired) electrons. The fourth-order valence-corrected chi connectivity index (χ4v) is 5.62. The van der Waals surface area contributed by atoms with Gasteiger partial charge in [0.25, 0.3) is 11.7 Å². The number of benzene rings is 3. The Kier molecular flexibility index (Phi) is 9.64. The molecule has 0 aromatic heterocycles. The number of hydrogen-bond donors (Lipinski definition) is 1. The van der Waals surface area contributed by atoms with E-state index in [4.69, 9.17) is 18.9 Å². The Bertz CT molecular complexity index is 1480. The molecule has 3 aromatic carbocycles. The van der Waals surface area contributed by atoms with Crippen LogP contribution in [0.3, 0.4) is 0 Å². The molecule has 0 bridgehead atoms. The van der Waals surface area contributed by atoms with Crippen molar-refractivity contribution in [2.75, 3.05) is 53.6 Å². The molecule has 2 aliphatic rings. The molecule has 0 saturated carbocycles. The quantitative estimate of drug-likeness (QED) is 0.196. The van der Waals surface area contributed by atoms with Crippen LogP contribution in [-0.4, -0.2) is 80.2 Å². The number of nitrogens with zero attached hydrogens (tertiary/aromatic N) is 2. The predicted octanol–water partition coefficient (Wildman–Crippen LogP) is 4.74. The SMILES string of the molecule is COc1ccc([C@@H]2/C(=C(\O)c3ccc(OCc4ccccc4)c(C)c3)C(=O)C(=O)N2CCCN2CCOCC2)cc1OC. The van der Waals surface area contributed by atoms with Gasteiger partial charge in [0.2, 0.25) is 0 Å². The van der Waals surface area contributed by atoms with E-state index in [0.717, 1.165) is 30.8 Å². The van der Waals surface area contributed by atoms with Crippen molar-refractivity contribution < 1.29 is 33.6 Å². The minimum atomic E-state index is -0.793. The Morgan fingerprint density at radius 2 is 1.63 bits per heavy atom. The summed E-state index contributed by atoms with van der Waals surface area (Å²) in [6.07, 6.45) is 0.670. The smallest absolute Gasteiger partial charge is 0.295 e. The third-order valence-corrected chi connectivity index (χ3v) is 7.93. The number of aliphatic hydroxyl groups excluding tert-OH is 1. The molecular formula is C34H38N2O7. The number of amides is 1. The predicted molar refractivity (Wildman–Crippen MR) is 162 cm³/mol. The molecule has 0 aliphatic carbocycles. The Balaban J connectivity index is 1.46. The largest absolute Gasteiger partial charge is 0.507 e. The number of carbonyl (C=O) groups excluding carboxylic acids is 2. The van der Waals surface area contributed by atoms with E-state index in [9.17, 15) is 14.7 Å². The number of ether oxygens (including phenoxy) is 4. The van der Waals surface area contributed by atoms with Crippen LogP contribution in [0.25, 0.3) is 5.76 Å². The number of rotatable bonds is 11. The van der Waals surface area contributed by atoms with Crippen molar-refractivity contribution in [1.29, 1.82) is 0 Å². The van der Waals surface area contributed by atoms with Crippen molar-refractivity contribution in [1.82, 2.24) is 9.80 Å². The van der Waals surface area contributed by atoms with Gasteiger partial charge in [0.15, 0.2) is 11.5 Å². The number of aryl methyl sites for hydroxylation is 1. The number of likely N-dealkylation sites (tertiary alicyclic amines) is 1. The van der Waals surface area contributed by atoms with Crippen LogP contribution in [0.5, 0.6) is 17.2 Å². The van der Waals surface area contributed by atoms with Gasteiger partial charge in [-0.1, -0.05) is 36.4 Å². The van der Waals surface area contributed by atoms with E-state index in [2.05, 4.69) is 4.90 Å². The summed E-state index contributed by atoms with van der Waals surface area (Å²) >= 11 is 0. The first-order valence-corrected chi connectivity index (χ1v) is 14.5. The van der Waals surface area contributed by atoms with Gasteiger partial charge in [0.05, 0.1) is 39.0 Å². The van der Waals surface area contributed by atoms with E-state index in [-0.39, 0.29) is 11.3 Å². The minimum absolute atomic E-state index is 0.0425. The molecule has 1 N–H and O–H groups in total. The van der Waals surface area contributed by atoms with Gasteiger partial charge in [-0.3, -0.25) is 14.5 Å². The normalized spacial score (nSPS) is 18.6. The van der Waals surface area contributed by atoms with Crippen LogP contribution in [-0.2, 0) is 20.9 Å². The van der Waals surface area contributed by atoms with Gasteiger partial charge in [-0.15, -0.1) is 0 Å². The van der Waals surface area contributed by atoms with E-state index >= 15 is 0 Å². The third-order valence-electron chi connectivity index (χ3n) is 7.93. The average Bonchev–Trinajstić information content (AvgIpc) is 3.29. The van der Waals surface area contributed by atoms with E-state index in [1.54, 1.807) is 48.4 Å². The zero-order valence-electron chi connectivity index (χ0n) is 24.9. The maximum absolute atomic E-state index is 13.6. The van der Waals surface area contributed by atoms with Crippen molar-refractivity contribution in [3.8, 4) is 17.2 Å². The van der Waals surface area contributed by atoms with Crippen LogP contribution in [0.2, 0.25) is 0 Å². The van der Waals surface area contributed by atoms with Crippen LogP contribution in [0, 0.1) is 6.92 Å². The number of morpholine rings is 1. The lowest BCUT2D eigenvalue weighted by molar-refractivity contribution is -0.140. The first kappa shape index (κ1) is 30.1. The van der Waals surface area contributed by atoms with Gasteiger partial charge in [0, 0.05) is 31.7 Å². The highest BCUT2D eigenvalue weighted by Crippen LogP contribution is 2.42. The van der Waals surface area contributed by atoms with Crippen molar-refractivity contribution in [3.63, 3.8) is 0 Å². The van der Waals surface area contributed by atoms with Crippen molar-refractivity contribution in [3.05, 3.63) is 94.6 Å². The third kappa shape index (κ3) is 6.68. The molecule has 5 rings (SSSR count). The molecule has 1 amide bonds. The molecule has 0 spiro atoms. The minimum Gasteiger partial charge on any atom is -0.507 e. The van der Waals surface area contributed by atoms with Crippen molar-refractivity contribution >= 4 is 17.4 Å². The van der Waals surface area contributed by atoms with E-state index in [0.29, 0.717) is 61.2 Å². The van der Waals surface area contributed by atoms with Crippen LogP contribution in [0.1, 0.15) is 34.7 Å². The number of hydrogen-bond acceptors (Lipinski definition) is 8. The molecule has 2 fully saturated rings. The molecule has 2 heterocycles. The first-order chi connectivity index (χ1) is 20.9. The molecule has 9 heteroatoms. The lowest BCUT2D eigenvalue weighted by Crippen LogP contribution is -2.38. The highest BCUT2D eigenvalue weighted by atomic mass is 16.5.